The summed E-state index contributed by atoms with van der Waals surface area (Å²) in [5.41, 5.74) is 2.43. The largest absolute Gasteiger partial charge is 0.342 e. The van der Waals surface area contributed by atoms with E-state index in [1.165, 1.54) is 6.33 Å². The summed E-state index contributed by atoms with van der Waals surface area (Å²) in [6, 6.07) is 1.60. The van der Waals surface area contributed by atoms with E-state index in [1.807, 2.05) is 0 Å². The summed E-state index contributed by atoms with van der Waals surface area (Å²) in [4.78, 5) is 23.2. The van der Waals surface area contributed by atoms with Crippen LogP contribution >= 0.6 is 0 Å². The molecule has 1 rings (SSSR count). The van der Waals surface area contributed by atoms with Crippen LogP contribution in [0.4, 0.5) is 5.82 Å². The lowest BCUT2D eigenvalue weighted by Crippen LogP contribution is -2.16. The highest BCUT2D eigenvalue weighted by atomic mass is 16.7. The third-order valence-corrected chi connectivity index (χ3v) is 1.31. The maximum atomic E-state index is 11.0. The molecule has 0 atom stereocenters. The van der Waals surface area contributed by atoms with E-state index in [2.05, 4.69) is 15.4 Å². The van der Waals surface area contributed by atoms with Crippen LogP contribution in [-0.4, -0.2) is 15.9 Å². The van der Waals surface area contributed by atoms with Gasteiger partial charge in [-0.1, -0.05) is 13.8 Å². The van der Waals surface area contributed by atoms with Gasteiger partial charge in [0.2, 0.25) is 0 Å². The summed E-state index contributed by atoms with van der Waals surface area (Å²) in [6.45, 7) is 3.51. The van der Waals surface area contributed by atoms with E-state index in [1.54, 1.807) is 26.1 Å². The number of rotatable bonds is 3. The number of carbonyl (C=O) groups is 1. The van der Waals surface area contributed by atoms with Crippen molar-refractivity contribution in [3.63, 3.8) is 0 Å². The van der Waals surface area contributed by atoms with Crippen molar-refractivity contribution in [2.45, 2.75) is 13.8 Å². The molecule has 0 radical (unpaired) electrons. The Kier molecular flexibility index (Phi) is 3.19. The molecule has 1 aromatic heterocycles. The molecular weight excluding hydrogens is 170 g/mol. The number of carbonyl (C=O) groups excluding carboxylic acids is 1. The van der Waals surface area contributed by atoms with Crippen LogP contribution in [0.1, 0.15) is 13.8 Å². The first-order valence-electron chi connectivity index (χ1n) is 3.93. The Hall–Kier alpha value is -1.65. The topological polar surface area (TPSA) is 64.1 Å². The Morgan fingerprint density at radius 1 is 1.62 bits per heavy atom. The number of nitrogens with one attached hydrogen (secondary N) is 1. The van der Waals surface area contributed by atoms with Crippen molar-refractivity contribution in [1.82, 2.24) is 9.97 Å². The second-order valence-corrected chi connectivity index (χ2v) is 2.77. The van der Waals surface area contributed by atoms with Gasteiger partial charge in [-0.3, -0.25) is 0 Å². The van der Waals surface area contributed by atoms with Crippen LogP contribution in [0.2, 0.25) is 0 Å². The van der Waals surface area contributed by atoms with Crippen LogP contribution in [0, 0.1) is 5.92 Å². The average molecular weight is 181 g/mol. The Morgan fingerprint density at radius 3 is 2.92 bits per heavy atom. The lowest BCUT2D eigenvalue weighted by atomic mass is 10.2. The molecule has 0 aliphatic rings. The lowest BCUT2D eigenvalue weighted by molar-refractivity contribution is -0.144. The van der Waals surface area contributed by atoms with E-state index in [0.29, 0.717) is 5.82 Å². The number of anilines is 1. The molecule has 1 heterocycles. The third kappa shape index (κ3) is 3.06. The minimum Gasteiger partial charge on any atom is -0.342 e. The second kappa shape index (κ2) is 4.39. The molecule has 5 heteroatoms. The van der Waals surface area contributed by atoms with Crippen molar-refractivity contribution in [3.05, 3.63) is 18.6 Å². The fourth-order valence-corrected chi connectivity index (χ4v) is 0.571. The average Bonchev–Trinajstić information content (AvgIpc) is 2.15. The molecule has 5 nitrogen and oxygen atoms in total. The van der Waals surface area contributed by atoms with Crippen LogP contribution in [0.15, 0.2) is 18.6 Å². The monoisotopic (exact) mass is 181 g/mol. The lowest BCUT2D eigenvalue weighted by Gasteiger charge is -2.06. The summed E-state index contributed by atoms with van der Waals surface area (Å²) in [6.07, 6.45) is 2.92. The standard InChI is InChI=1S/C8H11N3O2/c1-6(2)8(12)13-11-7-3-4-9-5-10-7/h3-6H,1-2H3,(H,9,10,11). The van der Waals surface area contributed by atoms with Crippen molar-refractivity contribution < 1.29 is 9.63 Å². The van der Waals surface area contributed by atoms with Crippen molar-refractivity contribution in [2.75, 3.05) is 5.48 Å². The number of nitrogens with zero attached hydrogens (tertiary/aromatic N) is 2. The fourth-order valence-electron chi connectivity index (χ4n) is 0.571. The first-order valence-corrected chi connectivity index (χ1v) is 3.93. The molecule has 0 bridgehead atoms. The zero-order valence-electron chi connectivity index (χ0n) is 7.52. The molecule has 70 valence electrons. The molecule has 0 aliphatic carbocycles. The van der Waals surface area contributed by atoms with Gasteiger partial charge in [0.15, 0.2) is 5.82 Å². The molecular formula is C8H11N3O2. The third-order valence-electron chi connectivity index (χ3n) is 1.31. The van der Waals surface area contributed by atoms with Gasteiger partial charge in [-0.2, -0.15) is 0 Å². The van der Waals surface area contributed by atoms with Crippen molar-refractivity contribution in [3.8, 4) is 0 Å². The molecule has 0 spiro atoms. The fraction of sp³-hybridized carbons (Fsp3) is 0.375. The van der Waals surface area contributed by atoms with Crippen molar-refractivity contribution in [2.24, 2.45) is 5.92 Å². The Bertz CT molecular complexity index is 274. The first-order chi connectivity index (χ1) is 6.20. The maximum absolute atomic E-state index is 11.0. The quantitative estimate of drug-likeness (QED) is 0.705. The second-order valence-electron chi connectivity index (χ2n) is 2.77. The van der Waals surface area contributed by atoms with Gasteiger partial charge in [0.05, 0.1) is 5.92 Å². The molecule has 0 aromatic carbocycles. The molecule has 13 heavy (non-hydrogen) atoms. The van der Waals surface area contributed by atoms with E-state index in [4.69, 9.17) is 4.84 Å². The SMILES string of the molecule is CC(C)C(=O)ONc1ccncn1. The normalized spacial score (nSPS) is 9.77. The summed E-state index contributed by atoms with van der Waals surface area (Å²) < 4.78 is 0. The molecule has 0 saturated heterocycles. The van der Waals surface area contributed by atoms with Crippen molar-refractivity contribution in [1.29, 1.82) is 0 Å². The zero-order valence-corrected chi connectivity index (χ0v) is 7.52. The predicted molar refractivity (Wildman–Crippen MR) is 46.6 cm³/mol. The van der Waals surface area contributed by atoms with Gasteiger partial charge in [-0.15, -0.1) is 0 Å². The van der Waals surface area contributed by atoms with E-state index in [-0.39, 0.29) is 11.9 Å². The molecule has 0 aliphatic heterocycles. The van der Waals surface area contributed by atoms with Crippen LogP contribution in [0.3, 0.4) is 0 Å². The summed E-state index contributed by atoms with van der Waals surface area (Å²) in [5.74, 6) is -0.0167. The summed E-state index contributed by atoms with van der Waals surface area (Å²) in [5, 5.41) is 0. The van der Waals surface area contributed by atoms with Gasteiger partial charge in [0.1, 0.15) is 6.33 Å². The van der Waals surface area contributed by atoms with Gasteiger partial charge in [0.25, 0.3) is 0 Å². The maximum Gasteiger partial charge on any atom is 0.334 e. The van der Waals surface area contributed by atoms with Gasteiger partial charge in [0, 0.05) is 12.3 Å². The van der Waals surface area contributed by atoms with Gasteiger partial charge < -0.3 is 4.84 Å². The number of hydrogen-bond acceptors (Lipinski definition) is 5. The van der Waals surface area contributed by atoms with Crippen LogP contribution in [0.5, 0.6) is 0 Å². The van der Waals surface area contributed by atoms with Crippen LogP contribution in [-0.2, 0) is 9.63 Å². The number of aromatic nitrogens is 2. The highest BCUT2D eigenvalue weighted by molar-refractivity contribution is 5.72. The zero-order chi connectivity index (χ0) is 9.68. The predicted octanol–water partition coefficient (Wildman–Crippen LogP) is 1.00. The highest BCUT2D eigenvalue weighted by Crippen LogP contribution is 2.00. The summed E-state index contributed by atoms with van der Waals surface area (Å²) >= 11 is 0. The van der Waals surface area contributed by atoms with Crippen molar-refractivity contribution >= 4 is 11.8 Å². The minimum atomic E-state index is -0.321. The molecule has 0 unspecified atom stereocenters. The molecule has 0 amide bonds. The van der Waals surface area contributed by atoms with E-state index < -0.39 is 0 Å². The van der Waals surface area contributed by atoms with Gasteiger partial charge in [-0.05, 0) is 0 Å². The van der Waals surface area contributed by atoms with E-state index in [9.17, 15) is 4.79 Å². The van der Waals surface area contributed by atoms with Gasteiger partial charge >= 0.3 is 5.97 Å². The Labute approximate surface area is 76.1 Å². The van der Waals surface area contributed by atoms with E-state index >= 15 is 0 Å². The first kappa shape index (κ1) is 9.44. The smallest absolute Gasteiger partial charge is 0.334 e. The van der Waals surface area contributed by atoms with Gasteiger partial charge in [-0.25, -0.2) is 20.2 Å². The Balaban J connectivity index is 2.40. The molecule has 1 aromatic rings. The van der Waals surface area contributed by atoms with E-state index in [0.717, 1.165) is 0 Å². The highest BCUT2D eigenvalue weighted by Gasteiger charge is 2.08. The summed E-state index contributed by atoms with van der Waals surface area (Å²) in [7, 11) is 0. The molecule has 1 N–H and O–H groups in total. The number of hydrogen-bond donors (Lipinski definition) is 1. The van der Waals surface area contributed by atoms with Crippen LogP contribution < -0.4 is 5.48 Å². The molecule has 0 saturated carbocycles. The minimum absolute atomic E-state index is 0.158. The molecule has 0 fully saturated rings. The van der Waals surface area contributed by atoms with Crippen LogP contribution in [0.25, 0.3) is 0 Å². The Morgan fingerprint density at radius 2 is 2.38 bits per heavy atom.